The van der Waals surface area contributed by atoms with Gasteiger partial charge in [0.1, 0.15) is 22.1 Å². The molecule has 3 rings (SSSR count). The highest BCUT2D eigenvalue weighted by atomic mass is 32.2. The molecule has 9 heteroatoms. The number of nitrogens with zero attached hydrogens (tertiary/aromatic N) is 2. The Labute approximate surface area is 193 Å². The molecule has 0 fully saturated rings. The van der Waals surface area contributed by atoms with Crippen LogP contribution in [0.1, 0.15) is 11.1 Å². The minimum Gasteiger partial charge on any atom is -0.495 e. The minimum atomic E-state index is -3.93. The van der Waals surface area contributed by atoms with Gasteiger partial charge in [0.15, 0.2) is 0 Å². The van der Waals surface area contributed by atoms with Crippen molar-refractivity contribution >= 4 is 22.1 Å². The van der Waals surface area contributed by atoms with Gasteiger partial charge in [0.05, 0.1) is 19.9 Å². The Hall–Kier alpha value is -3.69. The number of aryl methyl sites for hydroxylation is 1. The molecular weight excluding hydrogens is 442 g/mol. The van der Waals surface area contributed by atoms with Crippen molar-refractivity contribution in [2.45, 2.75) is 11.8 Å². The summed E-state index contributed by atoms with van der Waals surface area (Å²) in [7, 11) is -1.21. The Kier molecular flexibility index (Phi) is 7.81. The van der Waals surface area contributed by atoms with E-state index in [0.29, 0.717) is 17.1 Å². The van der Waals surface area contributed by atoms with Crippen LogP contribution in [0.25, 0.3) is 0 Å². The summed E-state index contributed by atoms with van der Waals surface area (Å²) < 4.78 is 37.7. The average Bonchev–Trinajstić information content (AvgIpc) is 2.80. The number of likely N-dealkylation sites (N-methyl/N-ethyl adjacent to an activating group) is 1. The molecule has 0 aromatic heterocycles. The van der Waals surface area contributed by atoms with E-state index in [0.717, 1.165) is 9.87 Å². The predicted molar refractivity (Wildman–Crippen MR) is 126 cm³/mol. The minimum absolute atomic E-state index is 0.000896. The maximum atomic E-state index is 12.9. The van der Waals surface area contributed by atoms with E-state index in [1.54, 1.807) is 37.3 Å². The van der Waals surface area contributed by atoms with Crippen LogP contribution < -0.4 is 14.9 Å². The van der Waals surface area contributed by atoms with Gasteiger partial charge in [-0.1, -0.05) is 36.4 Å². The standard InChI is InChI=1S/C24H25N3O5S/c1-18-12-13-22(31-3)23(14-18)33(29,30)27(2)17-24(28)26-25-16-19-8-7-11-21(15-19)32-20-9-5-4-6-10-20/h4-16H,17H2,1-3H3,(H,26,28)/b25-16-. The molecule has 8 nitrogen and oxygen atoms in total. The predicted octanol–water partition coefficient (Wildman–Crippen LogP) is 3.57. The zero-order chi connectivity index (χ0) is 23.8. The van der Waals surface area contributed by atoms with Gasteiger partial charge < -0.3 is 9.47 Å². The van der Waals surface area contributed by atoms with Gasteiger partial charge in [-0.2, -0.15) is 9.41 Å². The first-order valence-electron chi connectivity index (χ1n) is 10.1. The molecule has 0 bridgehead atoms. The van der Waals surface area contributed by atoms with E-state index in [4.69, 9.17) is 9.47 Å². The van der Waals surface area contributed by atoms with Crippen LogP contribution in [0.5, 0.6) is 17.2 Å². The maximum Gasteiger partial charge on any atom is 0.255 e. The lowest BCUT2D eigenvalue weighted by Crippen LogP contribution is -2.36. The number of hydrogen-bond acceptors (Lipinski definition) is 6. The molecule has 0 radical (unpaired) electrons. The second-order valence-corrected chi connectivity index (χ2v) is 9.21. The van der Waals surface area contributed by atoms with Gasteiger partial charge in [-0.15, -0.1) is 0 Å². The Bertz CT molecular complexity index is 1240. The molecule has 3 aromatic carbocycles. The van der Waals surface area contributed by atoms with Crippen molar-refractivity contribution in [1.82, 2.24) is 9.73 Å². The molecule has 0 atom stereocenters. The number of methoxy groups -OCH3 is 1. The number of amides is 1. The number of para-hydroxylation sites is 1. The van der Waals surface area contributed by atoms with E-state index in [1.807, 2.05) is 36.4 Å². The fourth-order valence-corrected chi connectivity index (χ4v) is 4.30. The van der Waals surface area contributed by atoms with Crippen molar-refractivity contribution < 1.29 is 22.7 Å². The van der Waals surface area contributed by atoms with Gasteiger partial charge in [-0.05, 0) is 54.4 Å². The van der Waals surface area contributed by atoms with Gasteiger partial charge in [0, 0.05) is 7.05 Å². The van der Waals surface area contributed by atoms with E-state index in [2.05, 4.69) is 10.5 Å². The second kappa shape index (κ2) is 10.8. The fraction of sp³-hybridized carbons (Fsp3) is 0.167. The molecule has 0 saturated heterocycles. The third-order valence-electron chi connectivity index (χ3n) is 4.61. The summed E-state index contributed by atoms with van der Waals surface area (Å²) in [5.74, 6) is 0.952. The summed E-state index contributed by atoms with van der Waals surface area (Å²) in [5, 5.41) is 3.92. The summed E-state index contributed by atoms with van der Waals surface area (Å²) in [6.45, 7) is 1.37. The van der Waals surface area contributed by atoms with Gasteiger partial charge in [-0.3, -0.25) is 4.79 Å². The van der Waals surface area contributed by atoms with Crippen LogP contribution in [0.2, 0.25) is 0 Å². The van der Waals surface area contributed by atoms with Crippen molar-refractivity contribution in [2.24, 2.45) is 5.10 Å². The number of sulfonamides is 1. The van der Waals surface area contributed by atoms with E-state index < -0.39 is 22.5 Å². The number of ether oxygens (including phenoxy) is 2. The molecule has 1 amide bonds. The summed E-state index contributed by atoms with van der Waals surface area (Å²) in [4.78, 5) is 12.3. The first kappa shape index (κ1) is 24.0. The molecule has 0 spiro atoms. The normalized spacial score (nSPS) is 11.5. The Morgan fingerprint density at radius 2 is 1.76 bits per heavy atom. The molecular formula is C24H25N3O5S. The van der Waals surface area contributed by atoms with Gasteiger partial charge in [0.25, 0.3) is 5.91 Å². The maximum absolute atomic E-state index is 12.9. The van der Waals surface area contributed by atoms with E-state index >= 15 is 0 Å². The Balaban J connectivity index is 1.61. The summed E-state index contributed by atoms with van der Waals surface area (Å²) in [6, 6.07) is 21.4. The monoisotopic (exact) mass is 467 g/mol. The van der Waals surface area contributed by atoms with Crippen molar-refractivity contribution in [3.05, 3.63) is 83.9 Å². The number of carbonyl (C=O) groups excluding carboxylic acids is 1. The van der Waals surface area contributed by atoms with Crippen molar-refractivity contribution in [3.8, 4) is 17.2 Å². The van der Waals surface area contributed by atoms with Crippen molar-refractivity contribution in [3.63, 3.8) is 0 Å². The lowest BCUT2D eigenvalue weighted by atomic mass is 10.2. The van der Waals surface area contributed by atoms with Crippen LogP contribution in [-0.2, 0) is 14.8 Å². The molecule has 33 heavy (non-hydrogen) atoms. The third kappa shape index (κ3) is 6.41. The van der Waals surface area contributed by atoms with Crippen LogP contribution in [0.15, 0.2) is 82.8 Å². The molecule has 0 heterocycles. The van der Waals surface area contributed by atoms with E-state index in [9.17, 15) is 13.2 Å². The number of hydrogen-bond donors (Lipinski definition) is 1. The van der Waals surface area contributed by atoms with Gasteiger partial charge >= 0.3 is 0 Å². The van der Waals surface area contributed by atoms with Gasteiger partial charge in [-0.25, -0.2) is 13.8 Å². The Morgan fingerprint density at radius 3 is 2.48 bits per heavy atom. The van der Waals surface area contributed by atoms with Crippen LogP contribution in [0, 0.1) is 6.92 Å². The SMILES string of the molecule is COc1ccc(C)cc1S(=O)(=O)N(C)CC(=O)N/N=C\c1cccc(Oc2ccccc2)c1. The van der Waals surface area contributed by atoms with E-state index in [-0.39, 0.29) is 10.6 Å². The van der Waals surface area contributed by atoms with Crippen LogP contribution in [0.3, 0.4) is 0 Å². The van der Waals surface area contributed by atoms with E-state index in [1.165, 1.54) is 26.4 Å². The topological polar surface area (TPSA) is 97.3 Å². The third-order valence-corrected chi connectivity index (χ3v) is 6.44. The number of carbonyl (C=O) groups is 1. The van der Waals surface area contributed by atoms with Crippen molar-refractivity contribution in [2.75, 3.05) is 20.7 Å². The molecule has 0 unspecified atom stereocenters. The quantitative estimate of drug-likeness (QED) is 0.383. The average molecular weight is 468 g/mol. The lowest BCUT2D eigenvalue weighted by Gasteiger charge is -2.18. The summed E-state index contributed by atoms with van der Waals surface area (Å²) in [5.41, 5.74) is 3.81. The molecule has 3 aromatic rings. The molecule has 0 aliphatic rings. The number of rotatable bonds is 9. The molecule has 0 saturated carbocycles. The first-order valence-corrected chi connectivity index (χ1v) is 11.5. The summed E-state index contributed by atoms with van der Waals surface area (Å²) >= 11 is 0. The highest BCUT2D eigenvalue weighted by Gasteiger charge is 2.26. The number of benzene rings is 3. The number of nitrogens with one attached hydrogen (secondary N) is 1. The van der Waals surface area contributed by atoms with Crippen LogP contribution in [0.4, 0.5) is 0 Å². The lowest BCUT2D eigenvalue weighted by molar-refractivity contribution is -0.121. The fourth-order valence-electron chi connectivity index (χ4n) is 2.94. The zero-order valence-electron chi connectivity index (χ0n) is 18.6. The van der Waals surface area contributed by atoms with Crippen molar-refractivity contribution in [1.29, 1.82) is 0 Å². The van der Waals surface area contributed by atoms with Gasteiger partial charge in [0.2, 0.25) is 10.0 Å². The smallest absolute Gasteiger partial charge is 0.255 e. The highest BCUT2D eigenvalue weighted by molar-refractivity contribution is 7.89. The molecule has 1 N–H and O–H groups in total. The highest BCUT2D eigenvalue weighted by Crippen LogP contribution is 2.27. The number of hydrazone groups is 1. The zero-order valence-corrected chi connectivity index (χ0v) is 19.4. The van der Waals surface area contributed by atoms with Crippen LogP contribution in [-0.4, -0.2) is 45.5 Å². The van der Waals surface area contributed by atoms with Crippen LogP contribution >= 0.6 is 0 Å². The first-order chi connectivity index (χ1) is 15.8. The largest absolute Gasteiger partial charge is 0.495 e. The Morgan fingerprint density at radius 1 is 1.03 bits per heavy atom. The second-order valence-electron chi connectivity index (χ2n) is 7.20. The summed E-state index contributed by atoms with van der Waals surface area (Å²) in [6.07, 6.45) is 1.45. The molecule has 0 aliphatic carbocycles. The molecule has 172 valence electrons. The molecule has 0 aliphatic heterocycles.